The summed E-state index contributed by atoms with van der Waals surface area (Å²) in [6.45, 7) is 4.20. The third kappa shape index (κ3) is 3.47. The summed E-state index contributed by atoms with van der Waals surface area (Å²) in [5.74, 6) is 0.251. The second-order valence-electron chi connectivity index (χ2n) is 5.41. The molecule has 3 rings (SSSR count). The summed E-state index contributed by atoms with van der Waals surface area (Å²) in [6, 6.07) is 17.5. The summed E-state index contributed by atoms with van der Waals surface area (Å²) in [5.41, 5.74) is 5.41. The molecule has 23 heavy (non-hydrogen) atoms. The summed E-state index contributed by atoms with van der Waals surface area (Å²) in [5, 5.41) is 9.32. The van der Waals surface area contributed by atoms with Gasteiger partial charge in [-0.3, -0.25) is 4.99 Å². The average Bonchev–Trinajstić information content (AvgIpc) is 2.82. The van der Waals surface area contributed by atoms with Crippen molar-refractivity contribution in [2.45, 2.75) is 13.8 Å². The molecule has 0 radical (unpaired) electrons. The molecule has 2 aromatic carbocycles. The molecule has 0 saturated carbocycles. The van der Waals surface area contributed by atoms with Crippen molar-refractivity contribution < 1.29 is 5.11 Å². The fourth-order valence-electron chi connectivity index (χ4n) is 2.59. The fourth-order valence-corrected chi connectivity index (χ4v) is 2.95. The van der Waals surface area contributed by atoms with Gasteiger partial charge in [0.2, 0.25) is 0 Å². The molecule has 0 aliphatic carbocycles. The van der Waals surface area contributed by atoms with Gasteiger partial charge in [0.25, 0.3) is 0 Å². The Labute approximate surface area is 149 Å². The highest BCUT2D eigenvalue weighted by molar-refractivity contribution is 14.1. The number of phenolic OH excluding ortho intramolecular Hbond substituents is 1. The van der Waals surface area contributed by atoms with E-state index in [2.05, 4.69) is 76.3 Å². The lowest BCUT2D eigenvalue weighted by atomic mass is 10.2. The summed E-state index contributed by atoms with van der Waals surface area (Å²) < 4.78 is 3.46. The third-order valence-electron chi connectivity index (χ3n) is 3.76. The first kappa shape index (κ1) is 15.8. The first-order chi connectivity index (χ1) is 11.0. The molecule has 116 valence electrons. The lowest BCUT2D eigenvalue weighted by Crippen LogP contribution is -1.99. The Hall–Kier alpha value is -2.08. The number of nitrogens with zero attached hydrogens (tertiary/aromatic N) is 2. The predicted molar refractivity (Wildman–Crippen MR) is 103 cm³/mol. The molecular weight excluding hydrogens is 399 g/mol. The molecule has 1 N–H and O–H groups in total. The van der Waals surface area contributed by atoms with Gasteiger partial charge < -0.3 is 9.67 Å². The molecule has 4 heteroatoms. The minimum absolute atomic E-state index is 0.251. The van der Waals surface area contributed by atoms with Gasteiger partial charge >= 0.3 is 0 Å². The Kier molecular flexibility index (Phi) is 4.52. The summed E-state index contributed by atoms with van der Waals surface area (Å²) in [6.07, 6.45) is 1.87. The summed E-state index contributed by atoms with van der Waals surface area (Å²) in [7, 11) is 0. The Morgan fingerprint density at radius 2 is 1.65 bits per heavy atom. The van der Waals surface area contributed by atoms with Gasteiger partial charge in [-0.2, -0.15) is 0 Å². The highest BCUT2D eigenvalue weighted by Crippen LogP contribution is 2.22. The first-order valence-electron chi connectivity index (χ1n) is 7.32. The third-order valence-corrected chi connectivity index (χ3v) is 4.48. The van der Waals surface area contributed by atoms with Crippen LogP contribution in [0.5, 0.6) is 5.75 Å². The predicted octanol–water partition coefficient (Wildman–Crippen LogP) is 5.15. The van der Waals surface area contributed by atoms with Gasteiger partial charge in [0.15, 0.2) is 0 Å². The van der Waals surface area contributed by atoms with Gasteiger partial charge in [0.1, 0.15) is 5.75 Å². The Bertz CT molecular complexity index is 846. The Balaban J connectivity index is 1.94. The quantitative estimate of drug-likeness (QED) is 0.465. The molecule has 3 nitrogen and oxygen atoms in total. The summed E-state index contributed by atoms with van der Waals surface area (Å²) >= 11 is 2.31. The van der Waals surface area contributed by atoms with Crippen LogP contribution in [0.3, 0.4) is 0 Å². The number of benzene rings is 2. The number of halogens is 1. The van der Waals surface area contributed by atoms with Gasteiger partial charge in [-0.05, 0) is 91.0 Å². The van der Waals surface area contributed by atoms with Crippen LogP contribution in [0, 0.1) is 17.4 Å². The molecule has 1 heterocycles. The minimum Gasteiger partial charge on any atom is -0.508 e. The number of hydrogen-bond donors (Lipinski definition) is 1. The second-order valence-corrected chi connectivity index (χ2v) is 6.66. The topological polar surface area (TPSA) is 37.5 Å². The molecule has 0 amide bonds. The maximum absolute atomic E-state index is 9.32. The number of aryl methyl sites for hydroxylation is 1. The van der Waals surface area contributed by atoms with Gasteiger partial charge in [0.05, 0.1) is 5.69 Å². The van der Waals surface area contributed by atoms with Crippen LogP contribution in [0.4, 0.5) is 5.69 Å². The molecule has 0 unspecified atom stereocenters. The van der Waals surface area contributed by atoms with E-state index in [0.717, 1.165) is 22.6 Å². The van der Waals surface area contributed by atoms with E-state index >= 15 is 0 Å². The first-order valence-corrected chi connectivity index (χ1v) is 8.40. The van der Waals surface area contributed by atoms with Crippen molar-refractivity contribution in [2.75, 3.05) is 0 Å². The van der Waals surface area contributed by atoms with E-state index in [9.17, 15) is 5.11 Å². The minimum atomic E-state index is 0.251. The zero-order chi connectivity index (χ0) is 16.4. The van der Waals surface area contributed by atoms with Crippen LogP contribution in [-0.4, -0.2) is 15.9 Å². The van der Waals surface area contributed by atoms with Crippen molar-refractivity contribution in [3.8, 4) is 11.4 Å². The molecule has 0 bridgehead atoms. The fraction of sp³-hybridized carbons (Fsp3) is 0.105. The van der Waals surface area contributed by atoms with E-state index < -0.39 is 0 Å². The van der Waals surface area contributed by atoms with Crippen LogP contribution in [-0.2, 0) is 0 Å². The Morgan fingerprint density at radius 3 is 2.30 bits per heavy atom. The highest BCUT2D eigenvalue weighted by atomic mass is 127. The van der Waals surface area contributed by atoms with E-state index in [1.165, 1.54) is 9.26 Å². The van der Waals surface area contributed by atoms with Crippen molar-refractivity contribution in [2.24, 2.45) is 4.99 Å². The standard InChI is InChI=1S/C19H17IN2O/c1-13-11-15(12-21-17-5-9-19(23)10-6-17)14(2)22(13)18-7-3-16(20)4-8-18/h3-12,23H,1-2H3. The van der Waals surface area contributed by atoms with E-state index in [1.807, 2.05) is 6.21 Å². The summed E-state index contributed by atoms with van der Waals surface area (Å²) in [4.78, 5) is 4.49. The zero-order valence-electron chi connectivity index (χ0n) is 13.0. The van der Waals surface area contributed by atoms with E-state index in [-0.39, 0.29) is 5.75 Å². The molecule has 0 atom stereocenters. The molecular formula is C19H17IN2O. The molecule has 3 aromatic rings. The maximum Gasteiger partial charge on any atom is 0.115 e. The molecule has 1 aromatic heterocycles. The zero-order valence-corrected chi connectivity index (χ0v) is 15.2. The normalized spacial score (nSPS) is 11.3. The van der Waals surface area contributed by atoms with Crippen LogP contribution < -0.4 is 0 Å². The van der Waals surface area contributed by atoms with Gasteiger partial charge in [0, 0.05) is 32.4 Å². The molecule has 0 fully saturated rings. The monoisotopic (exact) mass is 416 g/mol. The van der Waals surface area contributed by atoms with E-state index in [1.54, 1.807) is 24.3 Å². The SMILES string of the molecule is Cc1cc(C=Nc2ccc(O)cc2)c(C)n1-c1ccc(I)cc1. The van der Waals surface area contributed by atoms with E-state index in [4.69, 9.17) is 0 Å². The van der Waals surface area contributed by atoms with Crippen LogP contribution in [0.15, 0.2) is 59.6 Å². The lowest BCUT2D eigenvalue weighted by molar-refractivity contribution is 0.475. The van der Waals surface area contributed by atoms with Crippen LogP contribution in [0.1, 0.15) is 17.0 Å². The van der Waals surface area contributed by atoms with Crippen LogP contribution in [0.25, 0.3) is 5.69 Å². The number of phenols is 1. The van der Waals surface area contributed by atoms with Gasteiger partial charge in [-0.15, -0.1) is 0 Å². The number of aliphatic imine (C=N–C) groups is 1. The molecule has 0 aliphatic rings. The van der Waals surface area contributed by atoms with Gasteiger partial charge in [-0.25, -0.2) is 0 Å². The average molecular weight is 416 g/mol. The molecule has 0 spiro atoms. The molecule has 0 aliphatic heterocycles. The number of aromatic hydroxyl groups is 1. The number of hydrogen-bond acceptors (Lipinski definition) is 2. The van der Waals surface area contributed by atoms with Crippen LogP contribution in [0.2, 0.25) is 0 Å². The Morgan fingerprint density at radius 1 is 1.00 bits per heavy atom. The second kappa shape index (κ2) is 6.58. The number of aromatic nitrogens is 1. The van der Waals surface area contributed by atoms with Crippen molar-refractivity contribution >= 4 is 34.5 Å². The van der Waals surface area contributed by atoms with E-state index in [0.29, 0.717) is 0 Å². The van der Waals surface area contributed by atoms with Crippen LogP contribution >= 0.6 is 22.6 Å². The highest BCUT2D eigenvalue weighted by Gasteiger charge is 2.09. The van der Waals surface area contributed by atoms with Crippen molar-refractivity contribution in [3.63, 3.8) is 0 Å². The number of rotatable bonds is 3. The maximum atomic E-state index is 9.32. The smallest absolute Gasteiger partial charge is 0.115 e. The largest absolute Gasteiger partial charge is 0.508 e. The van der Waals surface area contributed by atoms with Crippen molar-refractivity contribution in [1.82, 2.24) is 4.57 Å². The van der Waals surface area contributed by atoms with Gasteiger partial charge in [-0.1, -0.05) is 0 Å². The van der Waals surface area contributed by atoms with Crippen molar-refractivity contribution in [3.05, 3.63) is 75.1 Å². The van der Waals surface area contributed by atoms with Crippen molar-refractivity contribution in [1.29, 1.82) is 0 Å². The lowest BCUT2D eigenvalue weighted by Gasteiger charge is -2.09. The molecule has 0 saturated heterocycles.